The first-order chi connectivity index (χ1) is 7.89. The molecule has 2 rings (SSSR count). The molecule has 1 heteroatoms. The molecule has 0 unspecified atom stereocenters. The second-order valence-corrected chi connectivity index (χ2v) is 3.84. The van der Waals surface area contributed by atoms with Gasteiger partial charge in [-0.3, -0.25) is 0 Å². The van der Waals surface area contributed by atoms with E-state index in [4.69, 9.17) is 0 Å². The minimum absolute atomic E-state index is 1.08. The summed E-state index contributed by atoms with van der Waals surface area (Å²) in [4.78, 5) is 2.39. The van der Waals surface area contributed by atoms with E-state index in [1.165, 1.54) is 32.4 Å². The molecule has 2 aliphatic rings. The molecule has 0 N–H and O–H groups in total. The van der Waals surface area contributed by atoms with Crippen LogP contribution in [0, 0.1) is 0 Å². The van der Waals surface area contributed by atoms with Crippen LogP contribution < -0.4 is 0 Å². The molecule has 0 saturated carbocycles. The van der Waals surface area contributed by atoms with Crippen LogP contribution in [0.25, 0.3) is 0 Å². The Morgan fingerprint density at radius 1 is 0.750 bits per heavy atom. The maximum absolute atomic E-state index is 2.39. The molecule has 1 aliphatic carbocycles. The largest absolute Gasteiger partial charge is 0.306 e. The Bertz CT molecular complexity index is 193. The van der Waals surface area contributed by atoms with Crippen molar-refractivity contribution in [1.82, 2.24) is 4.90 Å². The van der Waals surface area contributed by atoms with Gasteiger partial charge in [-0.15, -0.1) is 0 Å². The average molecular weight is 221 g/mol. The van der Waals surface area contributed by atoms with Crippen LogP contribution in [0.3, 0.4) is 0 Å². The third-order valence-corrected chi connectivity index (χ3v) is 2.46. The van der Waals surface area contributed by atoms with Gasteiger partial charge in [0.25, 0.3) is 0 Å². The molecule has 1 nitrogen and oxygen atoms in total. The van der Waals surface area contributed by atoms with E-state index in [2.05, 4.69) is 36.3 Å². The lowest BCUT2D eigenvalue weighted by Crippen LogP contribution is -2.24. The highest BCUT2D eigenvalue weighted by atomic mass is 15.1. The maximum atomic E-state index is 2.39. The van der Waals surface area contributed by atoms with Crippen LogP contribution in [-0.4, -0.2) is 25.0 Å². The Morgan fingerprint density at radius 3 is 1.62 bits per heavy atom. The van der Waals surface area contributed by atoms with Gasteiger partial charge in [-0.1, -0.05) is 56.7 Å². The van der Waals surface area contributed by atoms with E-state index in [0.29, 0.717) is 0 Å². The SMILES string of the molecule is C1=CC=CCC=C1.CC.CN1CCCCC1. The lowest BCUT2D eigenvalue weighted by atomic mass is 10.1. The van der Waals surface area contributed by atoms with Crippen molar-refractivity contribution < 1.29 is 0 Å². The fourth-order valence-electron chi connectivity index (χ4n) is 1.57. The maximum Gasteiger partial charge on any atom is -0.00218 e. The molecule has 0 aromatic heterocycles. The number of likely N-dealkylation sites (tertiary alicyclic amines) is 1. The lowest BCUT2D eigenvalue weighted by molar-refractivity contribution is 0.277. The monoisotopic (exact) mass is 221 g/mol. The van der Waals surface area contributed by atoms with Crippen LogP contribution in [0.1, 0.15) is 39.5 Å². The van der Waals surface area contributed by atoms with E-state index in [1.807, 2.05) is 26.0 Å². The van der Waals surface area contributed by atoms with Gasteiger partial charge >= 0.3 is 0 Å². The smallest absolute Gasteiger partial charge is 0.00218 e. The summed E-state index contributed by atoms with van der Waals surface area (Å²) in [6.45, 7) is 6.64. The number of piperidine rings is 1. The summed E-state index contributed by atoms with van der Waals surface area (Å²) in [6.07, 6.45) is 17.8. The van der Waals surface area contributed by atoms with Crippen molar-refractivity contribution in [2.75, 3.05) is 20.1 Å². The first-order valence-electron chi connectivity index (χ1n) is 6.56. The van der Waals surface area contributed by atoms with E-state index in [9.17, 15) is 0 Å². The molecule has 92 valence electrons. The summed E-state index contributed by atoms with van der Waals surface area (Å²) >= 11 is 0. The molecule has 16 heavy (non-hydrogen) atoms. The fourth-order valence-corrected chi connectivity index (χ4v) is 1.57. The Hall–Kier alpha value is -0.820. The Balaban J connectivity index is 0.000000244. The summed E-state index contributed by atoms with van der Waals surface area (Å²) < 4.78 is 0. The van der Waals surface area contributed by atoms with Crippen molar-refractivity contribution in [1.29, 1.82) is 0 Å². The molecule has 1 saturated heterocycles. The molecule has 0 amide bonds. The molecule has 0 bridgehead atoms. The standard InChI is InChI=1S/C7H8.C6H13N.C2H6/c1-2-4-6-7-5-3-1;1-7-5-3-2-4-6-7;1-2/h1-6H,7H2;2-6H2,1H3;1-2H3. The van der Waals surface area contributed by atoms with Gasteiger partial charge in [0.1, 0.15) is 0 Å². The molecule has 0 aromatic rings. The van der Waals surface area contributed by atoms with E-state index < -0.39 is 0 Å². The Labute approximate surface area is 102 Å². The van der Waals surface area contributed by atoms with Gasteiger partial charge in [-0.25, -0.2) is 0 Å². The van der Waals surface area contributed by atoms with Crippen molar-refractivity contribution in [3.8, 4) is 0 Å². The normalized spacial score (nSPS) is 18.9. The van der Waals surface area contributed by atoms with Crippen LogP contribution in [0.5, 0.6) is 0 Å². The highest BCUT2D eigenvalue weighted by Gasteiger charge is 2.02. The lowest BCUT2D eigenvalue weighted by Gasteiger charge is -2.20. The van der Waals surface area contributed by atoms with Crippen molar-refractivity contribution in [2.24, 2.45) is 0 Å². The molecular weight excluding hydrogens is 194 g/mol. The van der Waals surface area contributed by atoms with E-state index in [1.54, 1.807) is 0 Å². The first-order valence-corrected chi connectivity index (χ1v) is 6.56. The first kappa shape index (κ1) is 15.2. The van der Waals surface area contributed by atoms with Crippen LogP contribution in [-0.2, 0) is 0 Å². The summed E-state index contributed by atoms with van der Waals surface area (Å²) in [6, 6.07) is 0. The number of hydrogen-bond donors (Lipinski definition) is 0. The minimum Gasteiger partial charge on any atom is -0.306 e. The van der Waals surface area contributed by atoms with Crippen molar-refractivity contribution in [3.63, 3.8) is 0 Å². The molecule has 1 heterocycles. The van der Waals surface area contributed by atoms with Crippen LogP contribution >= 0.6 is 0 Å². The molecule has 1 aliphatic heterocycles. The predicted molar refractivity (Wildman–Crippen MR) is 74.7 cm³/mol. The summed E-state index contributed by atoms with van der Waals surface area (Å²) in [5.41, 5.74) is 0. The average Bonchev–Trinajstić information content (AvgIpc) is 2.65. The molecule has 1 fully saturated rings. The van der Waals surface area contributed by atoms with Crippen LogP contribution in [0.2, 0.25) is 0 Å². The van der Waals surface area contributed by atoms with Crippen molar-refractivity contribution >= 4 is 0 Å². The summed E-state index contributed by atoms with van der Waals surface area (Å²) in [5.74, 6) is 0. The molecule has 0 aromatic carbocycles. The molecule has 0 atom stereocenters. The Morgan fingerprint density at radius 2 is 1.25 bits per heavy atom. The van der Waals surface area contributed by atoms with Gasteiger partial charge in [0, 0.05) is 0 Å². The quantitative estimate of drug-likeness (QED) is 0.593. The number of allylic oxidation sites excluding steroid dienone is 6. The number of hydrogen-bond acceptors (Lipinski definition) is 1. The van der Waals surface area contributed by atoms with E-state index in [0.717, 1.165) is 6.42 Å². The summed E-state index contributed by atoms with van der Waals surface area (Å²) in [5, 5.41) is 0. The zero-order valence-corrected chi connectivity index (χ0v) is 11.2. The van der Waals surface area contributed by atoms with Gasteiger partial charge in [0.2, 0.25) is 0 Å². The van der Waals surface area contributed by atoms with Gasteiger partial charge < -0.3 is 4.90 Å². The van der Waals surface area contributed by atoms with Gasteiger partial charge in [-0.2, -0.15) is 0 Å². The molecule has 0 radical (unpaired) electrons. The molecular formula is C15H27N. The second-order valence-electron chi connectivity index (χ2n) is 3.84. The predicted octanol–water partition coefficient (Wildman–Crippen LogP) is 4.19. The van der Waals surface area contributed by atoms with E-state index in [-0.39, 0.29) is 0 Å². The topological polar surface area (TPSA) is 3.24 Å². The highest BCUT2D eigenvalue weighted by molar-refractivity contribution is 5.16. The zero-order valence-electron chi connectivity index (χ0n) is 11.2. The Kier molecular flexibility index (Phi) is 11.6. The van der Waals surface area contributed by atoms with Gasteiger partial charge in [0.05, 0.1) is 0 Å². The zero-order chi connectivity index (χ0) is 12.1. The third-order valence-electron chi connectivity index (χ3n) is 2.46. The van der Waals surface area contributed by atoms with Gasteiger partial charge in [-0.05, 0) is 39.4 Å². The minimum atomic E-state index is 1.08. The highest BCUT2D eigenvalue weighted by Crippen LogP contribution is 2.04. The fraction of sp³-hybridized carbons (Fsp3) is 0.600. The van der Waals surface area contributed by atoms with Crippen molar-refractivity contribution in [2.45, 2.75) is 39.5 Å². The van der Waals surface area contributed by atoms with Crippen LogP contribution in [0.15, 0.2) is 36.5 Å². The van der Waals surface area contributed by atoms with Crippen molar-refractivity contribution in [3.05, 3.63) is 36.5 Å². The second kappa shape index (κ2) is 12.3. The summed E-state index contributed by atoms with van der Waals surface area (Å²) in [7, 11) is 2.19. The van der Waals surface area contributed by atoms with E-state index >= 15 is 0 Å². The van der Waals surface area contributed by atoms with Crippen LogP contribution in [0.4, 0.5) is 0 Å². The van der Waals surface area contributed by atoms with Gasteiger partial charge in [0.15, 0.2) is 0 Å². The number of rotatable bonds is 0. The third kappa shape index (κ3) is 9.72. The molecule has 0 spiro atoms. The number of nitrogens with zero attached hydrogens (tertiary/aromatic N) is 1.